The number of hydrogen-bond acceptors (Lipinski definition) is 2. The van der Waals surface area contributed by atoms with Crippen molar-refractivity contribution in [1.82, 2.24) is 4.90 Å². The molecular formula is C13H25NO2. The average molecular weight is 227 g/mol. The van der Waals surface area contributed by atoms with Crippen LogP contribution in [0.25, 0.3) is 0 Å². The Kier molecular flexibility index (Phi) is 4.36. The smallest absolute Gasteiger partial charge is 0.251 e. The molecule has 0 spiro atoms. The molecular weight excluding hydrogens is 202 g/mol. The van der Waals surface area contributed by atoms with Crippen molar-refractivity contribution in [2.75, 3.05) is 14.2 Å². The van der Waals surface area contributed by atoms with Gasteiger partial charge in [-0.15, -0.1) is 0 Å². The molecule has 0 aliphatic heterocycles. The molecule has 0 radical (unpaired) electrons. The fourth-order valence-electron chi connectivity index (χ4n) is 2.34. The van der Waals surface area contributed by atoms with E-state index in [2.05, 4.69) is 13.8 Å². The highest BCUT2D eigenvalue weighted by Crippen LogP contribution is 2.36. The summed E-state index contributed by atoms with van der Waals surface area (Å²) < 4.78 is 5.07. The lowest BCUT2D eigenvalue weighted by Crippen LogP contribution is -2.45. The molecule has 1 fully saturated rings. The molecule has 1 rings (SSSR count). The Morgan fingerprint density at radius 1 is 1.38 bits per heavy atom. The van der Waals surface area contributed by atoms with Crippen molar-refractivity contribution in [3.63, 3.8) is 0 Å². The molecule has 0 aromatic rings. The first-order valence-corrected chi connectivity index (χ1v) is 6.17. The zero-order valence-electron chi connectivity index (χ0n) is 11.2. The van der Waals surface area contributed by atoms with Gasteiger partial charge in [0.05, 0.1) is 0 Å². The fourth-order valence-corrected chi connectivity index (χ4v) is 2.34. The monoisotopic (exact) mass is 227 g/mol. The van der Waals surface area contributed by atoms with Crippen LogP contribution in [0.4, 0.5) is 0 Å². The molecule has 0 saturated heterocycles. The zero-order chi connectivity index (χ0) is 12.3. The number of carbonyl (C=O) groups excluding carboxylic acids is 1. The summed E-state index contributed by atoms with van der Waals surface area (Å²) in [7, 11) is 3.49. The number of ether oxygens (including phenoxy) is 1. The lowest BCUT2D eigenvalue weighted by Gasteiger charge is -2.39. The Bertz CT molecular complexity index is 240. The number of rotatable bonds is 3. The Hall–Kier alpha value is -0.570. The molecule has 1 aliphatic carbocycles. The molecule has 0 aromatic carbocycles. The van der Waals surface area contributed by atoms with E-state index in [1.165, 1.54) is 12.8 Å². The lowest BCUT2D eigenvalue weighted by molar-refractivity contribution is -0.142. The Balaban J connectivity index is 2.50. The minimum absolute atomic E-state index is 0.104. The van der Waals surface area contributed by atoms with Gasteiger partial charge in [-0.05, 0) is 38.0 Å². The Labute approximate surface area is 99.1 Å². The van der Waals surface area contributed by atoms with Crippen LogP contribution in [0, 0.1) is 5.41 Å². The highest BCUT2D eigenvalue weighted by atomic mass is 16.5. The van der Waals surface area contributed by atoms with Crippen LogP contribution in [0.3, 0.4) is 0 Å². The normalized spacial score (nSPS) is 22.8. The number of nitrogens with zero attached hydrogens (tertiary/aromatic N) is 1. The quantitative estimate of drug-likeness (QED) is 0.741. The second-order valence-electron chi connectivity index (χ2n) is 5.72. The third-order valence-corrected chi connectivity index (χ3v) is 3.91. The van der Waals surface area contributed by atoms with Crippen LogP contribution >= 0.6 is 0 Å². The predicted molar refractivity (Wildman–Crippen MR) is 65.3 cm³/mol. The summed E-state index contributed by atoms with van der Waals surface area (Å²) in [5.74, 6) is 0.104. The highest BCUT2D eigenvalue weighted by molar-refractivity contribution is 5.80. The van der Waals surface area contributed by atoms with Crippen LogP contribution in [0.15, 0.2) is 0 Å². The van der Waals surface area contributed by atoms with E-state index in [1.807, 2.05) is 18.9 Å². The summed E-state index contributed by atoms with van der Waals surface area (Å²) in [6, 6.07) is 0.401. The van der Waals surface area contributed by atoms with E-state index in [9.17, 15) is 4.79 Å². The number of amides is 1. The summed E-state index contributed by atoms with van der Waals surface area (Å²) >= 11 is 0. The molecule has 16 heavy (non-hydrogen) atoms. The first kappa shape index (κ1) is 13.5. The van der Waals surface area contributed by atoms with Crippen molar-refractivity contribution in [2.24, 2.45) is 5.41 Å². The van der Waals surface area contributed by atoms with E-state index in [0.29, 0.717) is 11.5 Å². The summed E-state index contributed by atoms with van der Waals surface area (Å²) in [4.78, 5) is 13.8. The van der Waals surface area contributed by atoms with Gasteiger partial charge in [0.2, 0.25) is 0 Å². The second-order valence-corrected chi connectivity index (χ2v) is 5.72. The molecule has 94 valence electrons. The third-order valence-electron chi connectivity index (χ3n) is 3.91. The van der Waals surface area contributed by atoms with Gasteiger partial charge in [0, 0.05) is 20.2 Å². The number of methoxy groups -OCH3 is 1. The van der Waals surface area contributed by atoms with Crippen LogP contribution in [-0.4, -0.2) is 37.1 Å². The summed E-state index contributed by atoms with van der Waals surface area (Å²) in [5.41, 5.74) is 0.452. The molecule has 1 saturated carbocycles. The number of carbonyl (C=O) groups is 1. The minimum Gasteiger partial charge on any atom is -0.372 e. The number of hydrogen-bond donors (Lipinski definition) is 0. The molecule has 0 aromatic heterocycles. The first-order chi connectivity index (χ1) is 7.37. The summed E-state index contributed by atoms with van der Waals surface area (Å²) in [6.45, 7) is 6.43. The van der Waals surface area contributed by atoms with E-state index < -0.39 is 0 Å². The minimum atomic E-state index is -0.320. The van der Waals surface area contributed by atoms with E-state index in [1.54, 1.807) is 7.11 Å². The van der Waals surface area contributed by atoms with Crippen molar-refractivity contribution in [3.8, 4) is 0 Å². The summed E-state index contributed by atoms with van der Waals surface area (Å²) in [5, 5.41) is 0. The number of likely N-dealkylation sites (N-methyl/N-ethyl adjacent to an activating group) is 1. The molecule has 1 aliphatic rings. The molecule has 1 atom stereocenters. The SMILES string of the molecule is COC(C)C(=O)N(C)C1CCC(C)(C)CC1. The standard InChI is InChI=1S/C13H25NO2/c1-10(16-5)12(15)14(4)11-6-8-13(2,3)9-7-11/h10-11H,6-9H2,1-5H3. The maximum Gasteiger partial charge on any atom is 0.251 e. The van der Waals surface area contributed by atoms with Gasteiger partial charge in [-0.2, -0.15) is 0 Å². The molecule has 0 heterocycles. The predicted octanol–water partition coefficient (Wildman–Crippen LogP) is 2.45. The van der Waals surface area contributed by atoms with Crippen LogP contribution < -0.4 is 0 Å². The van der Waals surface area contributed by atoms with Crippen LogP contribution in [-0.2, 0) is 9.53 Å². The fraction of sp³-hybridized carbons (Fsp3) is 0.923. The van der Waals surface area contributed by atoms with Crippen molar-refractivity contribution < 1.29 is 9.53 Å². The van der Waals surface area contributed by atoms with Gasteiger partial charge in [-0.25, -0.2) is 0 Å². The van der Waals surface area contributed by atoms with E-state index in [0.717, 1.165) is 12.8 Å². The van der Waals surface area contributed by atoms with E-state index in [4.69, 9.17) is 4.74 Å². The molecule has 3 heteroatoms. The maximum atomic E-state index is 11.9. The van der Waals surface area contributed by atoms with Gasteiger partial charge in [-0.1, -0.05) is 13.8 Å². The second kappa shape index (κ2) is 5.17. The lowest BCUT2D eigenvalue weighted by atomic mass is 9.75. The van der Waals surface area contributed by atoms with Crippen LogP contribution in [0.2, 0.25) is 0 Å². The van der Waals surface area contributed by atoms with Crippen molar-refractivity contribution >= 4 is 5.91 Å². The Morgan fingerprint density at radius 3 is 2.31 bits per heavy atom. The highest BCUT2D eigenvalue weighted by Gasteiger charge is 2.31. The maximum absolute atomic E-state index is 11.9. The third kappa shape index (κ3) is 3.21. The molecule has 0 N–H and O–H groups in total. The average Bonchev–Trinajstić information content (AvgIpc) is 2.26. The van der Waals surface area contributed by atoms with Gasteiger partial charge in [0.1, 0.15) is 6.10 Å². The first-order valence-electron chi connectivity index (χ1n) is 6.17. The van der Waals surface area contributed by atoms with Crippen molar-refractivity contribution in [3.05, 3.63) is 0 Å². The Morgan fingerprint density at radius 2 is 1.88 bits per heavy atom. The van der Waals surface area contributed by atoms with Crippen molar-refractivity contribution in [2.45, 2.75) is 58.6 Å². The summed E-state index contributed by atoms with van der Waals surface area (Å²) in [6.07, 6.45) is 4.32. The molecule has 1 unspecified atom stereocenters. The van der Waals surface area contributed by atoms with Gasteiger partial charge >= 0.3 is 0 Å². The van der Waals surface area contributed by atoms with Gasteiger partial charge < -0.3 is 9.64 Å². The van der Waals surface area contributed by atoms with Crippen molar-refractivity contribution in [1.29, 1.82) is 0 Å². The van der Waals surface area contributed by atoms with Crippen LogP contribution in [0.5, 0.6) is 0 Å². The molecule has 1 amide bonds. The van der Waals surface area contributed by atoms with Gasteiger partial charge in [0.25, 0.3) is 5.91 Å². The topological polar surface area (TPSA) is 29.5 Å². The molecule has 0 bridgehead atoms. The van der Waals surface area contributed by atoms with Gasteiger partial charge in [0.15, 0.2) is 0 Å². The van der Waals surface area contributed by atoms with Gasteiger partial charge in [-0.3, -0.25) is 4.79 Å². The van der Waals surface area contributed by atoms with E-state index in [-0.39, 0.29) is 12.0 Å². The zero-order valence-corrected chi connectivity index (χ0v) is 11.2. The largest absolute Gasteiger partial charge is 0.372 e. The van der Waals surface area contributed by atoms with E-state index >= 15 is 0 Å². The van der Waals surface area contributed by atoms with Crippen LogP contribution in [0.1, 0.15) is 46.5 Å². The molecule has 3 nitrogen and oxygen atoms in total.